The van der Waals surface area contributed by atoms with E-state index in [1.807, 2.05) is 17.5 Å². The number of hydrogen-bond donors (Lipinski definition) is 2. The van der Waals surface area contributed by atoms with Crippen molar-refractivity contribution >= 4 is 29.6 Å². The molecule has 0 bridgehead atoms. The van der Waals surface area contributed by atoms with Crippen LogP contribution in [0.4, 0.5) is 0 Å². The molecule has 16 heavy (non-hydrogen) atoms. The van der Waals surface area contributed by atoms with Crippen molar-refractivity contribution in [2.24, 2.45) is 0 Å². The third-order valence-electron chi connectivity index (χ3n) is 1.94. The van der Waals surface area contributed by atoms with Gasteiger partial charge in [0, 0.05) is 25.5 Å². The van der Waals surface area contributed by atoms with Crippen LogP contribution in [0.25, 0.3) is 0 Å². The normalized spacial score (nSPS) is 9.94. The quantitative estimate of drug-likeness (QED) is 0.469. The van der Waals surface area contributed by atoms with Crippen LogP contribution in [0.15, 0.2) is 17.5 Å². The van der Waals surface area contributed by atoms with Gasteiger partial charge in [0.05, 0.1) is 12.4 Å². The molecular formula is C10H17ClN2O2S. The van der Waals surface area contributed by atoms with Gasteiger partial charge >= 0.3 is 0 Å². The molecule has 2 N–H and O–H groups in total. The topological polar surface area (TPSA) is 54.3 Å². The molecule has 0 spiro atoms. The first-order chi connectivity index (χ1) is 7.26. The fourth-order valence-corrected chi connectivity index (χ4v) is 1.84. The highest BCUT2D eigenvalue weighted by molar-refractivity contribution is 7.10. The van der Waals surface area contributed by atoms with Gasteiger partial charge in [-0.3, -0.25) is 5.41 Å². The molecule has 0 saturated heterocycles. The molecule has 0 aliphatic heterocycles. The summed E-state index contributed by atoms with van der Waals surface area (Å²) in [4.78, 5) is 1.18. The molecule has 0 aliphatic carbocycles. The van der Waals surface area contributed by atoms with Crippen molar-refractivity contribution in [2.45, 2.75) is 12.7 Å². The zero-order valence-corrected chi connectivity index (χ0v) is 11.0. The molecule has 1 rings (SSSR count). The highest BCUT2D eigenvalue weighted by Crippen LogP contribution is 2.08. The maximum atomic E-state index is 7.69. The maximum absolute atomic E-state index is 7.69. The second-order valence-corrected chi connectivity index (χ2v) is 4.05. The number of rotatable bonds is 6. The van der Waals surface area contributed by atoms with Crippen LogP contribution in [-0.2, 0) is 15.9 Å². The molecule has 0 saturated carbocycles. The van der Waals surface area contributed by atoms with E-state index in [0.717, 1.165) is 0 Å². The first-order valence-electron chi connectivity index (χ1n) is 4.65. The van der Waals surface area contributed by atoms with E-state index in [0.29, 0.717) is 18.8 Å². The standard InChI is InChI=1S/C10H16N2O2S.ClH/c1-13-10(14-2)7-12-9(11)6-8-4-3-5-15-8;/h3-5,10H,6-7H2,1-2H3,(H2,11,12);1H. The van der Waals surface area contributed by atoms with E-state index < -0.39 is 0 Å². The van der Waals surface area contributed by atoms with Gasteiger partial charge < -0.3 is 14.8 Å². The Morgan fingerprint density at radius 3 is 2.69 bits per heavy atom. The van der Waals surface area contributed by atoms with Crippen LogP contribution in [0.3, 0.4) is 0 Å². The van der Waals surface area contributed by atoms with Gasteiger partial charge in [0.2, 0.25) is 0 Å². The summed E-state index contributed by atoms with van der Waals surface area (Å²) in [6.45, 7) is 0.497. The largest absolute Gasteiger partial charge is 0.369 e. The number of halogens is 1. The Morgan fingerprint density at radius 1 is 1.50 bits per heavy atom. The van der Waals surface area contributed by atoms with Crippen LogP contribution >= 0.6 is 23.7 Å². The van der Waals surface area contributed by atoms with E-state index in [2.05, 4.69) is 5.32 Å². The van der Waals surface area contributed by atoms with E-state index in [1.165, 1.54) is 4.88 Å². The molecule has 1 heterocycles. The minimum atomic E-state index is -0.298. The third-order valence-corrected chi connectivity index (χ3v) is 2.82. The van der Waals surface area contributed by atoms with Crippen LogP contribution in [0.5, 0.6) is 0 Å². The summed E-state index contributed by atoms with van der Waals surface area (Å²) in [7, 11) is 3.16. The summed E-state index contributed by atoms with van der Waals surface area (Å²) in [6.07, 6.45) is 0.339. The van der Waals surface area contributed by atoms with Crippen molar-refractivity contribution in [3.05, 3.63) is 22.4 Å². The lowest BCUT2D eigenvalue weighted by Crippen LogP contribution is -2.34. The highest BCUT2D eigenvalue weighted by Gasteiger charge is 2.06. The van der Waals surface area contributed by atoms with Crippen molar-refractivity contribution in [3.63, 3.8) is 0 Å². The second kappa shape index (κ2) is 8.52. The SMILES string of the molecule is COC(CNC(=N)Cc1cccs1)OC.Cl. The number of hydrogen-bond acceptors (Lipinski definition) is 4. The first-order valence-corrected chi connectivity index (χ1v) is 5.53. The lowest BCUT2D eigenvalue weighted by Gasteiger charge is -2.14. The van der Waals surface area contributed by atoms with Gasteiger partial charge in [0.15, 0.2) is 6.29 Å². The summed E-state index contributed by atoms with van der Waals surface area (Å²) in [6, 6.07) is 4.01. The Hall–Kier alpha value is -0.620. The van der Waals surface area contributed by atoms with Gasteiger partial charge in [-0.15, -0.1) is 23.7 Å². The minimum absolute atomic E-state index is 0. The van der Waals surface area contributed by atoms with Gasteiger partial charge in [-0.2, -0.15) is 0 Å². The highest BCUT2D eigenvalue weighted by atomic mass is 35.5. The summed E-state index contributed by atoms with van der Waals surface area (Å²) < 4.78 is 10.0. The minimum Gasteiger partial charge on any atom is -0.369 e. The molecule has 92 valence electrons. The molecule has 6 heteroatoms. The predicted octanol–water partition coefficient (Wildman–Crippen LogP) is 1.90. The van der Waals surface area contributed by atoms with E-state index in [-0.39, 0.29) is 18.7 Å². The van der Waals surface area contributed by atoms with Crippen LogP contribution in [-0.4, -0.2) is 32.9 Å². The Balaban J connectivity index is 0.00000225. The van der Waals surface area contributed by atoms with Crippen molar-refractivity contribution in [3.8, 4) is 0 Å². The lowest BCUT2D eigenvalue weighted by atomic mass is 10.3. The van der Waals surface area contributed by atoms with Crippen LogP contribution in [0.1, 0.15) is 4.88 Å². The monoisotopic (exact) mass is 264 g/mol. The zero-order chi connectivity index (χ0) is 11.1. The van der Waals surface area contributed by atoms with Gasteiger partial charge in [-0.25, -0.2) is 0 Å². The fourth-order valence-electron chi connectivity index (χ4n) is 1.12. The van der Waals surface area contributed by atoms with Crippen LogP contribution in [0.2, 0.25) is 0 Å². The fraction of sp³-hybridized carbons (Fsp3) is 0.500. The van der Waals surface area contributed by atoms with Gasteiger partial charge in [-0.1, -0.05) is 6.07 Å². The van der Waals surface area contributed by atoms with Crippen molar-refractivity contribution < 1.29 is 9.47 Å². The Labute approximate surface area is 106 Å². The number of methoxy groups -OCH3 is 2. The third kappa shape index (κ3) is 5.46. The van der Waals surface area contributed by atoms with Gasteiger partial charge in [0.25, 0.3) is 0 Å². The Bertz CT molecular complexity index is 289. The summed E-state index contributed by atoms with van der Waals surface area (Å²) >= 11 is 1.65. The molecule has 1 aromatic heterocycles. The molecule has 1 aromatic rings. The molecule has 0 fully saturated rings. The zero-order valence-electron chi connectivity index (χ0n) is 9.36. The maximum Gasteiger partial charge on any atom is 0.173 e. The molecule has 0 aromatic carbocycles. The number of thiophene rings is 1. The van der Waals surface area contributed by atoms with Crippen LogP contribution < -0.4 is 5.32 Å². The average molecular weight is 265 g/mol. The summed E-state index contributed by atoms with van der Waals surface area (Å²) in [5, 5.41) is 12.7. The number of ether oxygens (including phenoxy) is 2. The molecule has 4 nitrogen and oxygen atoms in total. The smallest absolute Gasteiger partial charge is 0.173 e. The number of nitrogens with one attached hydrogen (secondary N) is 2. The predicted molar refractivity (Wildman–Crippen MR) is 68.8 cm³/mol. The van der Waals surface area contributed by atoms with Crippen molar-refractivity contribution in [1.82, 2.24) is 5.32 Å². The molecule has 0 radical (unpaired) electrons. The van der Waals surface area contributed by atoms with E-state index in [1.54, 1.807) is 25.6 Å². The molecule has 0 unspecified atom stereocenters. The van der Waals surface area contributed by atoms with Crippen LogP contribution in [0, 0.1) is 5.41 Å². The molecule has 0 atom stereocenters. The van der Waals surface area contributed by atoms with Gasteiger partial charge in [0.1, 0.15) is 0 Å². The number of amidine groups is 1. The van der Waals surface area contributed by atoms with E-state index in [4.69, 9.17) is 14.9 Å². The van der Waals surface area contributed by atoms with Crippen molar-refractivity contribution in [2.75, 3.05) is 20.8 Å². The molecular weight excluding hydrogens is 248 g/mol. The molecule has 0 amide bonds. The summed E-state index contributed by atoms with van der Waals surface area (Å²) in [5.74, 6) is 0.483. The average Bonchev–Trinajstić information content (AvgIpc) is 2.72. The van der Waals surface area contributed by atoms with Gasteiger partial charge in [-0.05, 0) is 11.4 Å². The van der Waals surface area contributed by atoms with E-state index >= 15 is 0 Å². The molecule has 0 aliphatic rings. The summed E-state index contributed by atoms with van der Waals surface area (Å²) in [5.41, 5.74) is 0. The van der Waals surface area contributed by atoms with E-state index in [9.17, 15) is 0 Å². The second-order valence-electron chi connectivity index (χ2n) is 3.02. The lowest BCUT2D eigenvalue weighted by molar-refractivity contribution is -0.0966. The first kappa shape index (κ1) is 15.4. The van der Waals surface area contributed by atoms with Crippen molar-refractivity contribution in [1.29, 1.82) is 5.41 Å². The Morgan fingerprint density at radius 2 is 2.19 bits per heavy atom. The Kier molecular flexibility index (Phi) is 8.19.